The van der Waals surface area contributed by atoms with Crippen molar-refractivity contribution in [1.82, 2.24) is 10.2 Å². The van der Waals surface area contributed by atoms with Gasteiger partial charge < -0.3 is 14.6 Å². The van der Waals surface area contributed by atoms with Gasteiger partial charge in [-0.2, -0.15) is 0 Å². The Balaban J connectivity index is 1.85. The zero-order chi connectivity index (χ0) is 13.1. The molecule has 1 aromatic rings. The van der Waals surface area contributed by atoms with Crippen molar-refractivity contribution in [2.75, 3.05) is 20.1 Å². The summed E-state index contributed by atoms with van der Waals surface area (Å²) in [5, 5.41) is 3.68. The summed E-state index contributed by atoms with van der Waals surface area (Å²) < 4.78 is 5.68. The maximum absolute atomic E-state index is 5.68. The fourth-order valence-corrected chi connectivity index (χ4v) is 2.83. The zero-order valence-corrected chi connectivity index (χ0v) is 12.1. The summed E-state index contributed by atoms with van der Waals surface area (Å²) in [6.45, 7) is 8.94. The van der Waals surface area contributed by atoms with Gasteiger partial charge in [0.25, 0.3) is 0 Å². The lowest BCUT2D eigenvalue weighted by atomic mass is 9.90. The Morgan fingerprint density at radius 1 is 1.28 bits per heavy atom. The van der Waals surface area contributed by atoms with E-state index in [1.807, 2.05) is 13.0 Å². The number of rotatable bonds is 4. The van der Waals surface area contributed by atoms with Crippen molar-refractivity contribution < 1.29 is 4.42 Å². The third-order valence-corrected chi connectivity index (χ3v) is 4.17. The van der Waals surface area contributed by atoms with Crippen molar-refractivity contribution >= 4 is 0 Å². The standard InChI is InChI=1S/C15H26N2O/c1-11-5-6-15(18-11)13(3)16-12(2)14-7-9-17(4)10-8-14/h5-6,12-14,16H,7-10H2,1-4H3. The molecule has 1 N–H and O–H groups in total. The highest BCUT2D eigenvalue weighted by Crippen LogP contribution is 2.23. The molecule has 0 saturated carbocycles. The first-order valence-corrected chi connectivity index (χ1v) is 7.07. The largest absolute Gasteiger partial charge is 0.465 e. The van der Waals surface area contributed by atoms with Gasteiger partial charge in [-0.3, -0.25) is 0 Å². The van der Waals surface area contributed by atoms with E-state index >= 15 is 0 Å². The summed E-state index contributed by atoms with van der Waals surface area (Å²) in [6, 6.07) is 4.97. The molecule has 0 bridgehead atoms. The van der Waals surface area contributed by atoms with Crippen molar-refractivity contribution in [2.24, 2.45) is 5.92 Å². The minimum atomic E-state index is 0.299. The molecule has 2 heterocycles. The first-order valence-electron chi connectivity index (χ1n) is 7.07. The number of likely N-dealkylation sites (tertiary alicyclic amines) is 1. The Labute approximate surface area is 111 Å². The van der Waals surface area contributed by atoms with Crippen LogP contribution in [0.25, 0.3) is 0 Å². The fraction of sp³-hybridized carbons (Fsp3) is 0.733. The smallest absolute Gasteiger partial charge is 0.120 e. The van der Waals surface area contributed by atoms with Gasteiger partial charge in [0.05, 0.1) is 6.04 Å². The van der Waals surface area contributed by atoms with Crippen molar-refractivity contribution in [3.63, 3.8) is 0 Å². The molecule has 0 aliphatic carbocycles. The quantitative estimate of drug-likeness (QED) is 0.890. The van der Waals surface area contributed by atoms with Gasteiger partial charge in [-0.05, 0) is 71.8 Å². The van der Waals surface area contributed by atoms with Crippen LogP contribution in [0.3, 0.4) is 0 Å². The van der Waals surface area contributed by atoms with Gasteiger partial charge in [0.15, 0.2) is 0 Å². The lowest BCUT2D eigenvalue weighted by Crippen LogP contribution is -2.41. The summed E-state index contributed by atoms with van der Waals surface area (Å²) in [7, 11) is 2.21. The number of piperidine rings is 1. The van der Waals surface area contributed by atoms with Crippen LogP contribution in [0.15, 0.2) is 16.5 Å². The molecule has 1 saturated heterocycles. The van der Waals surface area contributed by atoms with E-state index in [-0.39, 0.29) is 0 Å². The van der Waals surface area contributed by atoms with Gasteiger partial charge >= 0.3 is 0 Å². The summed E-state index contributed by atoms with van der Waals surface area (Å²) in [5.74, 6) is 2.83. The molecule has 3 heteroatoms. The minimum absolute atomic E-state index is 0.299. The molecule has 1 aliphatic rings. The van der Waals surface area contributed by atoms with Gasteiger partial charge in [0, 0.05) is 6.04 Å². The van der Waals surface area contributed by atoms with Crippen molar-refractivity contribution in [3.8, 4) is 0 Å². The van der Waals surface area contributed by atoms with Crippen LogP contribution >= 0.6 is 0 Å². The second-order valence-corrected chi connectivity index (χ2v) is 5.77. The molecule has 18 heavy (non-hydrogen) atoms. The molecule has 1 aromatic heterocycles. The van der Waals surface area contributed by atoms with E-state index < -0.39 is 0 Å². The zero-order valence-electron chi connectivity index (χ0n) is 12.1. The summed E-state index contributed by atoms with van der Waals surface area (Å²) in [5.41, 5.74) is 0. The van der Waals surface area contributed by atoms with Crippen molar-refractivity contribution in [3.05, 3.63) is 23.7 Å². The van der Waals surface area contributed by atoms with E-state index in [1.54, 1.807) is 0 Å². The molecule has 2 atom stereocenters. The molecule has 0 radical (unpaired) electrons. The van der Waals surface area contributed by atoms with E-state index in [1.165, 1.54) is 25.9 Å². The summed E-state index contributed by atoms with van der Waals surface area (Å²) >= 11 is 0. The Morgan fingerprint density at radius 3 is 2.50 bits per heavy atom. The molecule has 1 aliphatic heterocycles. The molecule has 0 aromatic carbocycles. The van der Waals surface area contributed by atoms with Crippen LogP contribution in [-0.2, 0) is 0 Å². The van der Waals surface area contributed by atoms with E-state index in [9.17, 15) is 0 Å². The molecule has 0 spiro atoms. The Bertz CT molecular complexity index is 366. The normalized spacial score (nSPS) is 22.0. The first kappa shape index (κ1) is 13.6. The van der Waals surface area contributed by atoms with Crippen LogP contribution < -0.4 is 5.32 Å². The summed E-state index contributed by atoms with van der Waals surface area (Å²) in [6.07, 6.45) is 2.60. The van der Waals surface area contributed by atoms with E-state index in [0.717, 1.165) is 17.4 Å². The highest BCUT2D eigenvalue weighted by Gasteiger charge is 2.24. The van der Waals surface area contributed by atoms with E-state index in [0.29, 0.717) is 12.1 Å². The second kappa shape index (κ2) is 5.89. The lowest BCUT2D eigenvalue weighted by molar-refractivity contribution is 0.183. The first-order chi connectivity index (χ1) is 8.56. The van der Waals surface area contributed by atoms with Crippen molar-refractivity contribution in [2.45, 2.75) is 45.7 Å². The van der Waals surface area contributed by atoms with E-state index in [2.05, 4.69) is 37.2 Å². The maximum Gasteiger partial charge on any atom is 0.120 e. The molecule has 102 valence electrons. The molecular weight excluding hydrogens is 224 g/mol. The predicted molar refractivity (Wildman–Crippen MR) is 74.7 cm³/mol. The van der Waals surface area contributed by atoms with Gasteiger partial charge in [0.2, 0.25) is 0 Å². The molecule has 2 unspecified atom stereocenters. The Morgan fingerprint density at radius 2 is 1.94 bits per heavy atom. The molecule has 0 amide bonds. The molecular formula is C15H26N2O. The van der Waals surface area contributed by atoms with Crippen LogP contribution in [0.2, 0.25) is 0 Å². The maximum atomic E-state index is 5.68. The summed E-state index contributed by atoms with van der Waals surface area (Å²) in [4.78, 5) is 2.42. The lowest BCUT2D eigenvalue weighted by Gasteiger charge is -2.34. The molecule has 2 rings (SSSR count). The van der Waals surface area contributed by atoms with Crippen LogP contribution in [-0.4, -0.2) is 31.1 Å². The van der Waals surface area contributed by atoms with Crippen LogP contribution in [0, 0.1) is 12.8 Å². The van der Waals surface area contributed by atoms with Crippen molar-refractivity contribution in [1.29, 1.82) is 0 Å². The topological polar surface area (TPSA) is 28.4 Å². The SMILES string of the molecule is Cc1ccc(C(C)NC(C)C2CCN(C)CC2)o1. The van der Waals surface area contributed by atoms with Crippen LogP contribution in [0.1, 0.15) is 44.3 Å². The highest BCUT2D eigenvalue weighted by molar-refractivity contribution is 5.09. The highest BCUT2D eigenvalue weighted by atomic mass is 16.3. The average molecular weight is 250 g/mol. The minimum Gasteiger partial charge on any atom is -0.465 e. The predicted octanol–water partition coefficient (Wildman–Crippen LogP) is 2.97. The third-order valence-electron chi connectivity index (χ3n) is 4.17. The van der Waals surface area contributed by atoms with Gasteiger partial charge in [-0.25, -0.2) is 0 Å². The third kappa shape index (κ3) is 3.36. The van der Waals surface area contributed by atoms with Gasteiger partial charge in [0.1, 0.15) is 11.5 Å². The van der Waals surface area contributed by atoms with Gasteiger partial charge in [-0.1, -0.05) is 0 Å². The van der Waals surface area contributed by atoms with Gasteiger partial charge in [-0.15, -0.1) is 0 Å². The monoisotopic (exact) mass is 250 g/mol. The molecule has 1 fully saturated rings. The van der Waals surface area contributed by atoms with Crippen LogP contribution in [0.4, 0.5) is 0 Å². The second-order valence-electron chi connectivity index (χ2n) is 5.77. The van der Waals surface area contributed by atoms with Crippen LogP contribution in [0.5, 0.6) is 0 Å². The number of nitrogens with one attached hydrogen (secondary N) is 1. The van der Waals surface area contributed by atoms with E-state index in [4.69, 9.17) is 4.42 Å². The molecule has 3 nitrogen and oxygen atoms in total. The average Bonchev–Trinajstić information content (AvgIpc) is 2.76. The number of nitrogens with zero attached hydrogens (tertiary/aromatic N) is 1. The Hall–Kier alpha value is -0.800. The fourth-order valence-electron chi connectivity index (χ4n) is 2.83. The number of hydrogen-bond donors (Lipinski definition) is 1. The number of aryl methyl sites for hydroxylation is 1. The Kier molecular flexibility index (Phi) is 4.46. The number of furan rings is 1. The number of hydrogen-bond acceptors (Lipinski definition) is 3.